The molecule has 0 N–H and O–H groups in total. The fourth-order valence-electron chi connectivity index (χ4n) is 7.27. The summed E-state index contributed by atoms with van der Waals surface area (Å²) in [4.78, 5) is 23.2. The second-order valence-electron chi connectivity index (χ2n) is 9.97. The van der Waals surface area contributed by atoms with E-state index < -0.39 is 0 Å². The van der Waals surface area contributed by atoms with Gasteiger partial charge in [0.15, 0.2) is 0 Å². The standard InChI is InChI=1S/C27H28N4O/c32-26-27-10-5-13-31(27)25(24-9-4-12-29(24)22-8-3-11-28-17-22)16-21(27)18-30(26)23-14-19-6-1-2-7-20(19)15-23/h1-4,6-9,11-12,17,21,23,25H,5,10,13-16,18H2/t21-,25-,27-/m0/s1. The number of aromatic nitrogens is 2. The van der Waals surface area contributed by atoms with Gasteiger partial charge in [-0.1, -0.05) is 24.3 Å². The van der Waals surface area contributed by atoms with Crippen molar-refractivity contribution in [2.75, 3.05) is 13.1 Å². The molecule has 0 unspecified atom stereocenters. The van der Waals surface area contributed by atoms with Crippen molar-refractivity contribution in [3.63, 3.8) is 0 Å². The Morgan fingerprint density at radius 1 is 1.00 bits per heavy atom. The molecule has 0 radical (unpaired) electrons. The molecule has 7 rings (SSSR count). The van der Waals surface area contributed by atoms with Gasteiger partial charge in [0, 0.05) is 36.6 Å². The lowest BCUT2D eigenvalue weighted by atomic mass is 9.85. The minimum Gasteiger partial charge on any atom is -0.337 e. The molecule has 3 saturated heterocycles. The van der Waals surface area contributed by atoms with E-state index in [2.05, 4.69) is 68.0 Å². The number of pyridine rings is 1. The predicted octanol–water partition coefficient (Wildman–Crippen LogP) is 3.78. The number of carbonyl (C=O) groups excluding carboxylic acids is 1. The van der Waals surface area contributed by atoms with Gasteiger partial charge in [0.25, 0.3) is 0 Å². The second-order valence-corrected chi connectivity index (χ2v) is 9.97. The van der Waals surface area contributed by atoms with Gasteiger partial charge < -0.3 is 9.47 Å². The number of hydrogen-bond donors (Lipinski definition) is 0. The highest BCUT2D eigenvalue weighted by molar-refractivity contribution is 5.90. The van der Waals surface area contributed by atoms with Gasteiger partial charge in [0.1, 0.15) is 5.54 Å². The van der Waals surface area contributed by atoms with Crippen LogP contribution in [0.2, 0.25) is 0 Å². The average Bonchev–Trinajstić information content (AvgIpc) is 3.62. The minimum atomic E-state index is -0.288. The van der Waals surface area contributed by atoms with Crippen LogP contribution in [-0.4, -0.2) is 49.9 Å². The van der Waals surface area contributed by atoms with Crippen LogP contribution in [0.25, 0.3) is 5.69 Å². The summed E-state index contributed by atoms with van der Waals surface area (Å²) in [5, 5.41) is 0. The third-order valence-corrected chi connectivity index (χ3v) is 8.59. The maximum Gasteiger partial charge on any atom is 0.243 e. The Kier molecular flexibility index (Phi) is 3.95. The Morgan fingerprint density at radius 2 is 1.84 bits per heavy atom. The number of amides is 1. The molecule has 5 heterocycles. The quantitative estimate of drug-likeness (QED) is 0.643. The van der Waals surface area contributed by atoms with Crippen LogP contribution < -0.4 is 0 Å². The fraction of sp³-hybridized carbons (Fsp3) is 0.407. The van der Waals surface area contributed by atoms with Crippen molar-refractivity contribution in [1.82, 2.24) is 19.4 Å². The molecule has 3 fully saturated rings. The van der Waals surface area contributed by atoms with Crippen LogP contribution in [0, 0.1) is 5.92 Å². The van der Waals surface area contributed by atoms with Gasteiger partial charge in [0.05, 0.1) is 17.9 Å². The zero-order chi connectivity index (χ0) is 21.3. The van der Waals surface area contributed by atoms with Gasteiger partial charge >= 0.3 is 0 Å². The molecule has 5 heteroatoms. The van der Waals surface area contributed by atoms with Crippen LogP contribution in [0.15, 0.2) is 67.1 Å². The molecule has 2 aromatic heterocycles. The van der Waals surface area contributed by atoms with Crippen molar-refractivity contribution >= 4 is 5.91 Å². The SMILES string of the molecule is O=C1N(C2Cc3ccccc3C2)C[C@@H]2C[C@@H](c3cccn3-c3cccnc3)N3CCC[C@@]123. The molecule has 0 bridgehead atoms. The molecular weight excluding hydrogens is 396 g/mol. The highest BCUT2D eigenvalue weighted by Crippen LogP contribution is 2.56. The Hall–Kier alpha value is -2.92. The molecule has 1 aliphatic carbocycles. The van der Waals surface area contributed by atoms with Crippen LogP contribution in [0.5, 0.6) is 0 Å². The molecule has 4 aliphatic rings. The van der Waals surface area contributed by atoms with Crippen molar-refractivity contribution in [3.8, 4) is 5.69 Å². The van der Waals surface area contributed by atoms with Crippen LogP contribution >= 0.6 is 0 Å². The number of rotatable bonds is 3. The summed E-state index contributed by atoms with van der Waals surface area (Å²) < 4.78 is 2.26. The second kappa shape index (κ2) is 6.79. The summed E-state index contributed by atoms with van der Waals surface area (Å²) in [6.45, 7) is 1.93. The van der Waals surface area contributed by atoms with Crippen molar-refractivity contribution in [2.45, 2.75) is 49.7 Å². The van der Waals surface area contributed by atoms with Crippen molar-refractivity contribution in [1.29, 1.82) is 0 Å². The van der Waals surface area contributed by atoms with Gasteiger partial charge in [-0.15, -0.1) is 0 Å². The highest BCUT2D eigenvalue weighted by atomic mass is 16.2. The first-order chi connectivity index (χ1) is 15.8. The number of fused-ring (bicyclic) bond motifs is 1. The van der Waals surface area contributed by atoms with E-state index in [0.29, 0.717) is 23.9 Å². The molecule has 32 heavy (non-hydrogen) atoms. The number of nitrogens with zero attached hydrogens (tertiary/aromatic N) is 4. The van der Waals surface area contributed by atoms with Crippen LogP contribution in [0.1, 0.15) is 42.1 Å². The third-order valence-electron chi connectivity index (χ3n) is 8.59. The Labute approximate surface area is 188 Å². The van der Waals surface area contributed by atoms with E-state index in [0.717, 1.165) is 50.9 Å². The molecular formula is C27H28N4O. The number of hydrogen-bond acceptors (Lipinski definition) is 3. The lowest BCUT2D eigenvalue weighted by Gasteiger charge is -2.35. The lowest BCUT2D eigenvalue weighted by molar-refractivity contribution is -0.138. The lowest BCUT2D eigenvalue weighted by Crippen LogP contribution is -2.51. The molecule has 1 spiro atoms. The van der Waals surface area contributed by atoms with Gasteiger partial charge in [-0.3, -0.25) is 14.7 Å². The van der Waals surface area contributed by atoms with Gasteiger partial charge in [-0.25, -0.2) is 0 Å². The summed E-state index contributed by atoms with van der Waals surface area (Å²) in [5.74, 6) is 0.822. The van der Waals surface area contributed by atoms with Gasteiger partial charge in [0.2, 0.25) is 5.91 Å². The number of carbonyl (C=O) groups is 1. The summed E-state index contributed by atoms with van der Waals surface area (Å²) in [6.07, 6.45) is 11.1. The first-order valence-electron chi connectivity index (χ1n) is 12.0. The van der Waals surface area contributed by atoms with Gasteiger partial charge in [-0.05, 0) is 74.0 Å². The average molecular weight is 425 g/mol. The Bertz CT molecular complexity index is 1160. The van der Waals surface area contributed by atoms with Crippen LogP contribution in [0.3, 0.4) is 0 Å². The number of benzene rings is 1. The van der Waals surface area contributed by atoms with E-state index in [1.807, 2.05) is 18.5 Å². The largest absolute Gasteiger partial charge is 0.337 e. The van der Waals surface area contributed by atoms with Crippen molar-refractivity contribution in [2.24, 2.45) is 5.92 Å². The number of likely N-dealkylation sites (tertiary alicyclic amines) is 1. The first-order valence-corrected chi connectivity index (χ1v) is 12.0. The van der Waals surface area contributed by atoms with Gasteiger partial charge in [-0.2, -0.15) is 0 Å². The highest BCUT2D eigenvalue weighted by Gasteiger charge is 2.66. The Morgan fingerprint density at radius 3 is 2.62 bits per heavy atom. The van der Waals surface area contributed by atoms with E-state index in [4.69, 9.17) is 0 Å². The van der Waals surface area contributed by atoms with Crippen LogP contribution in [0.4, 0.5) is 0 Å². The molecule has 162 valence electrons. The summed E-state index contributed by atoms with van der Waals surface area (Å²) in [7, 11) is 0. The van der Waals surface area contributed by atoms with Crippen molar-refractivity contribution < 1.29 is 4.79 Å². The third kappa shape index (κ3) is 2.43. The summed E-state index contributed by atoms with van der Waals surface area (Å²) in [6, 6.07) is 17.8. The molecule has 3 aromatic rings. The maximum absolute atomic E-state index is 14.1. The zero-order valence-electron chi connectivity index (χ0n) is 18.2. The normalized spacial score (nSPS) is 29.5. The van der Waals surface area contributed by atoms with Crippen LogP contribution in [-0.2, 0) is 17.6 Å². The van der Waals surface area contributed by atoms with E-state index in [9.17, 15) is 4.79 Å². The monoisotopic (exact) mass is 424 g/mol. The van der Waals surface area contributed by atoms with E-state index in [1.54, 1.807) is 0 Å². The Balaban J connectivity index is 1.20. The molecule has 1 amide bonds. The van der Waals surface area contributed by atoms with E-state index in [1.165, 1.54) is 16.8 Å². The topological polar surface area (TPSA) is 41.4 Å². The van der Waals surface area contributed by atoms with E-state index >= 15 is 0 Å². The fourth-order valence-corrected chi connectivity index (χ4v) is 7.27. The molecule has 3 aliphatic heterocycles. The molecule has 1 aromatic carbocycles. The summed E-state index contributed by atoms with van der Waals surface area (Å²) >= 11 is 0. The molecule has 0 saturated carbocycles. The molecule has 3 atom stereocenters. The minimum absolute atomic E-state index is 0.288. The first kappa shape index (κ1) is 18.6. The maximum atomic E-state index is 14.1. The molecule has 5 nitrogen and oxygen atoms in total. The summed E-state index contributed by atoms with van der Waals surface area (Å²) in [5.41, 5.74) is 4.95. The smallest absolute Gasteiger partial charge is 0.243 e. The van der Waals surface area contributed by atoms with Crippen molar-refractivity contribution in [3.05, 3.63) is 83.9 Å². The van der Waals surface area contributed by atoms with E-state index in [-0.39, 0.29) is 5.54 Å². The zero-order valence-corrected chi connectivity index (χ0v) is 18.2. The predicted molar refractivity (Wildman–Crippen MR) is 122 cm³/mol.